The molecule has 0 saturated carbocycles. The third kappa shape index (κ3) is 11.9. The minimum Gasteiger partial charge on any atom is -0.375 e. The number of ether oxygens (including phenoxy) is 2. The molecule has 0 bridgehead atoms. The van der Waals surface area contributed by atoms with Crippen molar-refractivity contribution in [2.24, 2.45) is 0 Å². The molecule has 0 aromatic rings. The van der Waals surface area contributed by atoms with E-state index in [-0.39, 0.29) is 11.2 Å². The Morgan fingerprint density at radius 2 is 1.08 bits per heavy atom. The summed E-state index contributed by atoms with van der Waals surface area (Å²) in [5.74, 6) is 0. The van der Waals surface area contributed by atoms with E-state index in [1.165, 1.54) is 0 Å². The molecule has 0 saturated heterocycles. The van der Waals surface area contributed by atoms with E-state index in [0.29, 0.717) is 13.2 Å². The highest BCUT2D eigenvalue weighted by Gasteiger charge is 2.11. The normalized spacial score (nSPS) is 13.4. The van der Waals surface area contributed by atoms with Crippen molar-refractivity contribution in [2.75, 3.05) is 13.2 Å². The van der Waals surface area contributed by atoms with E-state index >= 15 is 0 Å². The van der Waals surface area contributed by atoms with E-state index in [1.54, 1.807) is 0 Å². The molecular weight excluding hydrogens is 164 g/mol. The summed E-state index contributed by atoms with van der Waals surface area (Å²) in [6.07, 6.45) is 3.05. The van der Waals surface area contributed by atoms with Crippen LogP contribution in [0.25, 0.3) is 0 Å². The molecule has 0 spiro atoms. The monoisotopic (exact) mass is 186 g/mol. The number of rotatable bonds is 4. The molecule has 0 aromatic heterocycles. The molecule has 0 unspecified atom stereocenters. The van der Waals surface area contributed by atoms with Crippen molar-refractivity contribution in [3.8, 4) is 0 Å². The molecule has 78 valence electrons. The lowest BCUT2D eigenvalue weighted by atomic mass is 10.2. The molecule has 2 nitrogen and oxygen atoms in total. The van der Waals surface area contributed by atoms with Crippen LogP contribution in [0.1, 0.15) is 41.5 Å². The largest absolute Gasteiger partial charge is 0.375 e. The Bertz CT molecular complexity index is 112. The Morgan fingerprint density at radius 1 is 0.769 bits per heavy atom. The second-order valence-electron chi connectivity index (χ2n) is 5.05. The van der Waals surface area contributed by atoms with Gasteiger partial charge in [0.1, 0.15) is 0 Å². The zero-order chi connectivity index (χ0) is 10.5. The Kier molecular flexibility index (Phi) is 4.93. The average molecular weight is 186 g/mol. The van der Waals surface area contributed by atoms with Crippen LogP contribution in [-0.2, 0) is 9.47 Å². The minimum absolute atomic E-state index is 0.0886. The van der Waals surface area contributed by atoms with Gasteiger partial charge in [-0.25, -0.2) is 0 Å². The average Bonchev–Trinajstić information content (AvgIpc) is 1.81. The van der Waals surface area contributed by atoms with Gasteiger partial charge in [0.05, 0.1) is 24.4 Å². The first-order valence-corrected chi connectivity index (χ1v) is 4.69. The van der Waals surface area contributed by atoms with Gasteiger partial charge in [-0.05, 0) is 41.5 Å². The predicted octanol–water partition coefficient (Wildman–Crippen LogP) is 2.70. The van der Waals surface area contributed by atoms with Gasteiger partial charge in [-0.2, -0.15) is 0 Å². The van der Waals surface area contributed by atoms with Gasteiger partial charge in [0.2, 0.25) is 0 Å². The van der Waals surface area contributed by atoms with Gasteiger partial charge in [-0.15, -0.1) is 0 Å². The molecule has 2 heteroatoms. The van der Waals surface area contributed by atoms with E-state index in [9.17, 15) is 0 Å². The summed E-state index contributed by atoms with van der Waals surface area (Å²) in [5.41, 5.74) is -0.177. The van der Waals surface area contributed by atoms with E-state index in [2.05, 4.69) is 6.42 Å². The van der Waals surface area contributed by atoms with Crippen LogP contribution in [-0.4, -0.2) is 24.4 Å². The first-order chi connectivity index (χ1) is 5.71. The van der Waals surface area contributed by atoms with Crippen molar-refractivity contribution in [2.45, 2.75) is 52.7 Å². The molecule has 0 rings (SSSR count). The highest BCUT2D eigenvalue weighted by molar-refractivity contribution is 4.69. The topological polar surface area (TPSA) is 18.5 Å². The van der Waals surface area contributed by atoms with Crippen LogP contribution in [0.5, 0.6) is 0 Å². The fourth-order valence-electron chi connectivity index (χ4n) is 0.577. The molecule has 2 radical (unpaired) electrons. The Morgan fingerprint density at radius 3 is 1.31 bits per heavy atom. The first kappa shape index (κ1) is 12.9. The van der Waals surface area contributed by atoms with E-state index < -0.39 is 0 Å². The molecule has 0 amide bonds. The van der Waals surface area contributed by atoms with Crippen LogP contribution in [0.3, 0.4) is 0 Å². The van der Waals surface area contributed by atoms with Crippen molar-refractivity contribution < 1.29 is 9.47 Å². The van der Waals surface area contributed by atoms with Crippen molar-refractivity contribution in [3.05, 3.63) is 6.42 Å². The Hall–Kier alpha value is -0.0800. The van der Waals surface area contributed by atoms with Gasteiger partial charge < -0.3 is 9.47 Å². The molecule has 13 heavy (non-hydrogen) atoms. The van der Waals surface area contributed by atoms with Gasteiger partial charge in [0.25, 0.3) is 0 Å². The lowest BCUT2D eigenvalue weighted by Gasteiger charge is -2.21. The summed E-state index contributed by atoms with van der Waals surface area (Å²) in [5, 5.41) is 0. The summed E-state index contributed by atoms with van der Waals surface area (Å²) < 4.78 is 10.9. The molecule has 0 aromatic carbocycles. The molecular formula is C11H22O2. The Balaban J connectivity index is 3.28. The maximum absolute atomic E-state index is 5.45. The highest BCUT2D eigenvalue weighted by atomic mass is 16.5. The highest BCUT2D eigenvalue weighted by Crippen LogP contribution is 2.09. The second-order valence-corrected chi connectivity index (χ2v) is 5.05. The second kappa shape index (κ2) is 4.97. The van der Waals surface area contributed by atoms with Gasteiger partial charge >= 0.3 is 0 Å². The van der Waals surface area contributed by atoms with E-state index in [4.69, 9.17) is 9.47 Å². The summed E-state index contributed by atoms with van der Waals surface area (Å²) >= 11 is 0. The summed E-state index contributed by atoms with van der Waals surface area (Å²) in [6.45, 7) is 13.2. The molecule has 0 heterocycles. The molecule has 0 N–H and O–H groups in total. The van der Waals surface area contributed by atoms with Crippen molar-refractivity contribution in [3.63, 3.8) is 0 Å². The quantitative estimate of drug-likeness (QED) is 0.628. The SMILES string of the molecule is CC(C)(C)OC[C]COC(C)(C)C. The fraction of sp³-hybridized carbons (Fsp3) is 0.909. The minimum atomic E-state index is -0.0886. The summed E-state index contributed by atoms with van der Waals surface area (Å²) in [6, 6.07) is 0. The first-order valence-electron chi connectivity index (χ1n) is 4.69. The van der Waals surface area contributed by atoms with Gasteiger partial charge in [-0.3, -0.25) is 0 Å². The standard InChI is InChI=1S/C11H22O2/c1-10(2,3)12-8-7-9-13-11(4,5)6/h8-9H2,1-6H3. The van der Waals surface area contributed by atoms with Crippen LogP contribution in [0.4, 0.5) is 0 Å². The van der Waals surface area contributed by atoms with Gasteiger partial charge in [0, 0.05) is 6.42 Å². The lowest BCUT2D eigenvalue weighted by molar-refractivity contribution is -0.0175. The van der Waals surface area contributed by atoms with Gasteiger partial charge in [-0.1, -0.05) is 0 Å². The number of hydrogen-bond donors (Lipinski definition) is 0. The third-order valence-corrected chi connectivity index (χ3v) is 1.21. The smallest absolute Gasteiger partial charge is 0.0598 e. The molecule has 0 aliphatic heterocycles. The third-order valence-electron chi connectivity index (χ3n) is 1.21. The molecule has 0 fully saturated rings. The van der Waals surface area contributed by atoms with Crippen LogP contribution < -0.4 is 0 Å². The predicted molar refractivity (Wildman–Crippen MR) is 54.7 cm³/mol. The van der Waals surface area contributed by atoms with Gasteiger partial charge in [0.15, 0.2) is 0 Å². The van der Waals surface area contributed by atoms with E-state index in [0.717, 1.165) is 0 Å². The van der Waals surface area contributed by atoms with Crippen LogP contribution >= 0.6 is 0 Å². The van der Waals surface area contributed by atoms with Crippen molar-refractivity contribution in [1.29, 1.82) is 0 Å². The molecule has 0 atom stereocenters. The Labute approximate surface area is 82.6 Å². The van der Waals surface area contributed by atoms with Crippen LogP contribution in [0, 0.1) is 6.42 Å². The molecule has 0 aliphatic carbocycles. The zero-order valence-corrected chi connectivity index (χ0v) is 9.73. The van der Waals surface area contributed by atoms with Crippen LogP contribution in [0.15, 0.2) is 0 Å². The van der Waals surface area contributed by atoms with E-state index in [1.807, 2.05) is 41.5 Å². The fourth-order valence-corrected chi connectivity index (χ4v) is 0.577. The maximum Gasteiger partial charge on any atom is 0.0598 e. The molecule has 0 aliphatic rings. The lowest BCUT2D eigenvalue weighted by Crippen LogP contribution is -2.23. The summed E-state index contributed by atoms with van der Waals surface area (Å²) in [7, 11) is 0. The maximum atomic E-state index is 5.45. The summed E-state index contributed by atoms with van der Waals surface area (Å²) in [4.78, 5) is 0. The van der Waals surface area contributed by atoms with Crippen molar-refractivity contribution in [1.82, 2.24) is 0 Å². The van der Waals surface area contributed by atoms with Crippen LogP contribution in [0.2, 0.25) is 0 Å². The number of hydrogen-bond acceptors (Lipinski definition) is 2. The zero-order valence-electron chi connectivity index (χ0n) is 9.73. The van der Waals surface area contributed by atoms with Crippen molar-refractivity contribution >= 4 is 0 Å².